The number of hydrogen-bond acceptors (Lipinski definition) is 3. The third-order valence-corrected chi connectivity index (χ3v) is 4.07. The highest BCUT2D eigenvalue weighted by molar-refractivity contribution is 5.68. The Morgan fingerprint density at radius 2 is 1.65 bits per heavy atom. The van der Waals surface area contributed by atoms with Gasteiger partial charge in [0.15, 0.2) is 0 Å². The van der Waals surface area contributed by atoms with Crippen molar-refractivity contribution in [1.82, 2.24) is 10.6 Å². The fourth-order valence-electron chi connectivity index (χ4n) is 2.81. The summed E-state index contributed by atoms with van der Waals surface area (Å²) in [6, 6.07) is 8.14. The molecule has 0 spiro atoms. The van der Waals surface area contributed by atoms with Gasteiger partial charge < -0.3 is 26.0 Å². The van der Waals surface area contributed by atoms with E-state index >= 15 is 0 Å². The van der Waals surface area contributed by atoms with Gasteiger partial charge in [0, 0.05) is 0 Å². The summed E-state index contributed by atoms with van der Waals surface area (Å²) in [6.07, 6.45) is -2.37. The van der Waals surface area contributed by atoms with Gasteiger partial charge >= 0.3 is 12.2 Å². The standard InChI is InChI=1S/C16H24N2O5/c1-15(2,3)16(18-14(22)23,12(10-19)17-13(20)21)9-11-7-5-4-6-8-11/h4-8,12,17-19H,9-10H2,1-3H3,(H,20,21)(H,22,23)/t12-,16?/m1/s1. The molecule has 1 rings (SSSR count). The Bertz CT molecular complexity index is 541. The molecule has 0 fully saturated rings. The minimum absolute atomic E-state index is 0.231. The van der Waals surface area contributed by atoms with Crippen LogP contribution in [-0.4, -0.2) is 45.7 Å². The van der Waals surface area contributed by atoms with Crippen molar-refractivity contribution < 1.29 is 24.9 Å². The van der Waals surface area contributed by atoms with Crippen LogP contribution in [0.4, 0.5) is 9.59 Å². The molecular weight excluding hydrogens is 300 g/mol. The van der Waals surface area contributed by atoms with Crippen molar-refractivity contribution in [3.05, 3.63) is 35.9 Å². The van der Waals surface area contributed by atoms with Crippen LogP contribution in [0.5, 0.6) is 0 Å². The smallest absolute Gasteiger partial charge is 0.405 e. The molecule has 0 aromatic heterocycles. The highest BCUT2D eigenvalue weighted by Gasteiger charge is 2.50. The summed E-state index contributed by atoms with van der Waals surface area (Å²) in [6.45, 7) is 4.88. The molecule has 0 saturated heterocycles. The number of amides is 2. The Morgan fingerprint density at radius 3 is 2.04 bits per heavy atom. The van der Waals surface area contributed by atoms with Crippen LogP contribution in [0, 0.1) is 5.41 Å². The molecule has 23 heavy (non-hydrogen) atoms. The molecule has 2 atom stereocenters. The average molecular weight is 324 g/mol. The van der Waals surface area contributed by atoms with Gasteiger partial charge in [0.1, 0.15) is 0 Å². The monoisotopic (exact) mass is 324 g/mol. The first kappa shape index (κ1) is 18.8. The maximum atomic E-state index is 11.4. The van der Waals surface area contributed by atoms with E-state index in [9.17, 15) is 19.8 Å². The Hall–Kier alpha value is -2.28. The van der Waals surface area contributed by atoms with Crippen LogP contribution in [0.2, 0.25) is 0 Å². The lowest BCUT2D eigenvalue weighted by molar-refractivity contribution is 0.0542. The number of hydrogen-bond donors (Lipinski definition) is 5. The van der Waals surface area contributed by atoms with E-state index in [0.717, 1.165) is 5.56 Å². The number of rotatable bonds is 6. The Kier molecular flexibility index (Phi) is 5.98. The largest absolute Gasteiger partial charge is 0.465 e. The molecule has 7 nitrogen and oxygen atoms in total. The molecule has 1 unspecified atom stereocenters. The number of benzene rings is 1. The highest BCUT2D eigenvalue weighted by atomic mass is 16.4. The molecular formula is C16H24N2O5. The van der Waals surface area contributed by atoms with Crippen molar-refractivity contribution in [3.8, 4) is 0 Å². The van der Waals surface area contributed by atoms with Crippen molar-refractivity contribution in [3.63, 3.8) is 0 Å². The molecule has 0 radical (unpaired) electrons. The molecule has 5 N–H and O–H groups in total. The molecule has 0 heterocycles. The van der Waals surface area contributed by atoms with Crippen LogP contribution in [0.15, 0.2) is 30.3 Å². The van der Waals surface area contributed by atoms with Crippen LogP contribution in [0.3, 0.4) is 0 Å². The number of carboxylic acid groups (broad SMARTS) is 2. The second-order valence-electron chi connectivity index (χ2n) is 6.50. The number of aliphatic hydroxyl groups is 1. The zero-order chi connectivity index (χ0) is 17.7. The Balaban J connectivity index is 3.39. The van der Waals surface area contributed by atoms with E-state index in [1.54, 1.807) is 20.8 Å². The molecule has 7 heteroatoms. The first-order valence-electron chi connectivity index (χ1n) is 7.28. The van der Waals surface area contributed by atoms with E-state index in [1.165, 1.54) is 0 Å². The summed E-state index contributed by atoms with van der Waals surface area (Å²) in [5, 5.41) is 32.8. The van der Waals surface area contributed by atoms with Crippen LogP contribution in [0.1, 0.15) is 26.3 Å². The van der Waals surface area contributed by atoms with Crippen LogP contribution < -0.4 is 10.6 Å². The second-order valence-corrected chi connectivity index (χ2v) is 6.50. The molecule has 1 aromatic rings. The van der Waals surface area contributed by atoms with Crippen molar-refractivity contribution in [1.29, 1.82) is 0 Å². The molecule has 0 aliphatic carbocycles. The summed E-state index contributed by atoms with van der Waals surface area (Å²) in [4.78, 5) is 22.5. The fraction of sp³-hybridized carbons (Fsp3) is 0.500. The lowest BCUT2D eigenvalue weighted by Crippen LogP contribution is -2.70. The highest BCUT2D eigenvalue weighted by Crippen LogP contribution is 2.36. The van der Waals surface area contributed by atoms with E-state index in [0.29, 0.717) is 0 Å². The Labute approximate surface area is 135 Å². The van der Waals surface area contributed by atoms with Crippen molar-refractivity contribution >= 4 is 12.2 Å². The Morgan fingerprint density at radius 1 is 1.09 bits per heavy atom. The van der Waals surface area contributed by atoms with Gasteiger partial charge in [-0.25, -0.2) is 9.59 Å². The summed E-state index contributed by atoms with van der Waals surface area (Å²) < 4.78 is 0. The zero-order valence-electron chi connectivity index (χ0n) is 13.5. The molecule has 0 aliphatic rings. The first-order chi connectivity index (χ1) is 10.6. The summed E-state index contributed by atoms with van der Waals surface area (Å²) in [7, 11) is 0. The van der Waals surface area contributed by atoms with Crippen molar-refractivity contribution in [2.45, 2.75) is 38.8 Å². The van der Waals surface area contributed by atoms with E-state index < -0.39 is 35.8 Å². The zero-order valence-corrected chi connectivity index (χ0v) is 13.5. The third-order valence-electron chi connectivity index (χ3n) is 4.07. The van der Waals surface area contributed by atoms with E-state index in [1.807, 2.05) is 30.3 Å². The van der Waals surface area contributed by atoms with Gasteiger partial charge in [0.05, 0.1) is 18.2 Å². The predicted octanol–water partition coefficient (Wildman–Crippen LogP) is 1.91. The maximum absolute atomic E-state index is 11.4. The quantitative estimate of drug-likeness (QED) is 0.547. The van der Waals surface area contributed by atoms with Crippen LogP contribution >= 0.6 is 0 Å². The van der Waals surface area contributed by atoms with E-state index in [-0.39, 0.29) is 6.42 Å². The van der Waals surface area contributed by atoms with Gasteiger partial charge in [0.25, 0.3) is 0 Å². The van der Waals surface area contributed by atoms with Crippen LogP contribution in [-0.2, 0) is 6.42 Å². The normalized spacial score (nSPS) is 15.3. The summed E-state index contributed by atoms with van der Waals surface area (Å²) >= 11 is 0. The van der Waals surface area contributed by atoms with Crippen LogP contribution in [0.25, 0.3) is 0 Å². The molecule has 1 aromatic carbocycles. The molecule has 0 saturated carbocycles. The minimum Gasteiger partial charge on any atom is -0.465 e. The van der Waals surface area contributed by atoms with Gasteiger partial charge in [-0.2, -0.15) is 0 Å². The maximum Gasteiger partial charge on any atom is 0.405 e. The SMILES string of the molecule is CC(C)(C)C(Cc1ccccc1)(NC(=O)O)[C@@H](CO)NC(=O)O. The number of nitrogens with one attached hydrogen (secondary N) is 2. The number of carbonyl (C=O) groups is 2. The van der Waals surface area contributed by atoms with E-state index in [4.69, 9.17) is 5.11 Å². The van der Waals surface area contributed by atoms with Crippen molar-refractivity contribution in [2.24, 2.45) is 5.41 Å². The predicted molar refractivity (Wildman–Crippen MR) is 85.5 cm³/mol. The summed E-state index contributed by atoms with van der Waals surface area (Å²) in [5.74, 6) is 0. The number of aliphatic hydroxyl groups excluding tert-OH is 1. The average Bonchev–Trinajstić information content (AvgIpc) is 2.43. The van der Waals surface area contributed by atoms with Gasteiger partial charge in [-0.3, -0.25) is 0 Å². The third kappa shape index (κ3) is 4.59. The van der Waals surface area contributed by atoms with E-state index in [2.05, 4.69) is 10.6 Å². The van der Waals surface area contributed by atoms with Crippen molar-refractivity contribution in [2.75, 3.05) is 6.61 Å². The topological polar surface area (TPSA) is 119 Å². The van der Waals surface area contributed by atoms with Gasteiger partial charge in [-0.1, -0.05) is 51.1 Å². The molecule has 128 valence electrons. The fourth-order valence-corrected chi connectivity index (χ4v) is 2.81. The van der Waals surface area contributed by atoms with Gasteiger partial charge in [-0.05, 0) is 17.4 Å². The minimum atomic E-state index is -1.32. The lowest BCUT2D eigenvalue weighted by atomic mass is 9.66. The lowest BCUT2D eigenvalue weighted by Gasteiger charge is -2.49. The summed E-state index contributed by atoms with van der Waals surface area (Å²) in [5.41, 5.74) is -1.06. The molecule has 0 aliphatic heterocycles. The second kappa shape index (κ2) is 7.32. The van der Waals surface area contributed by atoms with Gasteiger partial charge in [0.2, 0.25) is 0 Å². The first-order valence-corrected chi connectivity index (χ1v) is 7.28. The molecule has 0 bridgehead atoms. The van der Waals surface area contributed by atoms with Gasteiger partial charge in [-0.15, -0.1) is 0 Å². The molecule has 2 amide bonds.